The van der Waals surface area contributed by atoms with Crippen LogP contribution >= 0.6 is 23.4 Å². The Morgan fingerprint density at radius 2 is 1.94 bits per heavy atom. The molecule has 0 unspecified atom stereocenters. The number of nitrogens with one attached hydrogen (secondary N) is 2. The number of para-hydroxylation sites is 1. The number of anilines is 1. The normalized spacial score (nSPS) is 11.1. The van der Waals surface area contributed by atoms with Gasteiger partial charge in [0.15, 0.2) is 11.0 Å². The van der Waals surface area contributed by atoms with E-state index in [9.17, 15) is 9.18 Å². The molecule has 0 aliphatic rings. The molecule has 176 valence electrons. The summed E-state index contributed by atoms with van der Waals surface area (Å²) in [6.07, 6.45) is 1.86. The van der Waals surface area contributed by atoms with Crippen molar-refractivity contribution >= 4 is 45.9 Å². The molecule has 2 heterocycles. The zero-order valence-corrected chi connectivity index (χ0v) is 20.0. The summed E-state index contributed by atoms with van der Waals surface area (Å²) in [5.41, 5.74) is 2.96. The summed E-state index contributed by atoms with van der Waals surface area (Å²) in [4.78, 5) is 16.0. The maximum atomic E-state index is 13.6. The molecule has 1 amide bonds. The standard InChI is InChI=1S/C25H19ClFN5O2S/c1-34-22-11-6-15(26)12-21(22)29-23(33)14-35-25-31-30-24(32(25)17-9-7-16(27)8-10-17)19-13-28-20-5-3-2-4-18(19)20/h2-13,28H,14H2,1H3,(H,29,33). The molecule has 0 saturated heterocycles. The Kier molecular flexibility index (Phi) is 6.43. The highest BCUT2D eigenvalue weighted by Gasteiger charge is 2.20. The smallest absolute Gasteiger partial charge is 0.234 e. The summed E-state index contributed by atoms with van der Waals surface area (Å²) in [6, 6.07) is 18.9. The van der Waals surface area contributed by atoms with Crippen molar-refractivity contribution < 1.29 is 13.9 Å². The number of carbonyl (C=O) groups excluding carboxylic acids is 1. The minimum Gasteiger partial charge on any atom is -0.495 e. The summed E-state index contributed by atoms with van der Waals surface area (Å²) >= 11 is 7.27. The molecule has 35 heavy (non-hydrogen) atoms. The number of methoxy groups -OCH3 is 1. The van der Waals surface area contributed by atoms with Gasteiger partial charge in [-0.2, -0.15) is 0 Å². The predicted octanol–water partition coefficient (Wildman–Crippen LogP) is 5.95. The second-order valence-corrected chi connectivity index (χ2v) is 8.93. The number of amides is 1. The van der Waals surface area contributed by atoms with E-state index in [1.807, 2.05) is 35.0 Å². The molecule has 0 saturated carbocycles. The lowest BCUT2D eigenvalue weighted by Crippen LogP contribution is -2.15. The van der Waals surface area contributed by atoms with E-state index in [0.29, 0.717) is 33.1 Å². The zero-order chi connectivity index (χ0) is 24.4. The molecule has 10 heteroatoms. The van der Waals surface area contributed by atoms with E-state index in [2.05, 4.69) is 20.5 Å². The van der Waals surface area contributed by atoms with Crippen molar-refractivity contribution in [1.82, 2.24) is 19.7 Å². The zero-order valence-electron chi connectivity index (χ0n) is 18.5. The Balaban J connectivity index is 1.46. The molecule has 0 aliphatic heterocycles. The molecule has 2 N–H and O–H groups in total. The largest absolute Gasteiger partial charge is 0.495 e. The van der Waals surface area contributed by atoms with E-state index in [1.54, 1.807) is 30.3 Å². The third kappa shape index (κ3) is 4.73. The predicted molar refractivity (Wildman–Crippen MR) is 136 cm³/mol. The molecule has 3 aromatic carbocycles. The van der Waals surface area contributed by atoms with Crippen LogP contribution in [0.5, 0.6) is 5.75 Å². The second kappa shape index (κ2) is 9.81. The number of benzene rings is 3. The highest BCUT2D eigenvalue weighted by molar-refractivity contribution is 7.99. The summed E-state index contributed by atoms with van der Waals surface area (Å²) in [5.74, 6) is 0.526. The fourth-order valence-corrected chi connectivity index (χ4v) is 4.64. The fraction of sp³-hybridized carbons (Fsp3) is 0.0800. The van der Waals surface area contributed by atoms with E-state index in [0.717, 1.165) is 16.5 Å². The van der Waals surface area contributed by atoms with Gasteiger partial charge >= 0.3 is 0 Å². The van der Waals surface area contributed by atoms with Gasteiger partial charge < -0.3 is 15.0 Å². The van der Waals surface area contributed by atoms with Crippen LogP contribution in [0.2, 0.25) is 5.02 Å². The minimum atomic E-state index is -0.348. The van der Waals surface area contributed by atoms with Crippen LogP contribution in [0, 0.1) is 5.82 Å². The Labute approximate surface area is 209 Å². The Morgan fingerprint density at radius 3 is 2.74 bits per heavy atom. The molecule has 0 spiro atoms. The first-order valence-corrected chi connectivity index (χ1v) is 11.9. The summed E-state index contributed by atoms with van der Waals surface area (Å²) in [6.45, 7) is 0. The maximum absolute atomic E-state index is 13.6. The molecule has 0 atom stereocenters. The number of H-pyrrole nitrogens is 1. The summed E-state index contributed by atoms with van der Waals surface area (Å²) in [5, 5.41) is 13.5. The lowest BCUT2D eigenvalue weighted by atomic mass is 10.1. The highest BCUT2D eigenvalue weighted by atomic mass is 35.5. The van der Waals surface area contributed by atoms with Crippen LogP contribution in [0.1, 0.15) is 0 Å². The number of aromatic nitrogens is 4. The molecule has 0 radical (unpaired) electrons. The van der Waals surface area contributed by atoms with Crippen molar-refractivity contribution in [3.63, 3.8) is 0 Å². The molecule has 5 rings (SSSR count). The van der Waals surface area contributed by atoms with Gasteiger partial charge in [-0.25, -0.2) is 4.39 Å². The van der Waals surface area contributed by atoms with E-state index >= 15 is 0 Å². The van der Waals surface area contributed by atoms with Crippen molar-refractivity contribution in [3.05, 3.63) is 83.8 Å². The van der Waals surface area contributed by atoms with Crippen LogP contribution in [0.4, 0.5) is 10.1 Å². The molecule has 0 aliphatic carbocycles. The number of halogens is 2. The van der Waals surface area contributed by atoms with Crippen LogP contribution < -0.4 is 10.1 Å². The van der Waals surface area contributed by atoms with Gasteiger partial charge in [-0.15, -0.1) is 10.2 Å². The third-order valence-corrected chi connectivity index (χ3v) is 6.48. The monoisotopic (exact) mass is 507 g/mol. The van der Waals surface area contributed by atoms with Gasteiger partial charge in [-0.3, -0.25) is 9.36 Å². The van der Waals surface area contributed by atoms with Crippen LogP contribution in [0.3, 0.4) is 0 Å². The minimum absolute atomic E-state index is 0.0584. The Hall–Kier alpha value is -3.82. The SMILES string of the molecule is COc1ccc(Cl)cc1NC(=O)CSc1nnc(-c2c[nH]c3ccccc23)n1-c1ccc(F)cc1. The van der Waals surface area contributed by atoms with E-state index in [-0.39, 0.29) is 17.5 Å². The van der Waals surface area contributed by atoms with Crippen LogP contribution in [0.25, 0.3) is 28.0 Å². The van der Waals surface area contributed by atoms with Crippen molar-refractivity contribution in [2.75, 3.05) is 18.2 Å². The highest BCUT2D eigenvalue weighted by Crippen LogP contribution is 2.33. The number of aromatic amines is 1. The lowest BCUT2D eigenvalue weighted by molar-refractivity contribution is -0.113. The number of rotatable bonds is 7. The molecule has 2 aromatic heterocycles. The number of nitrogens with zero attached hydrogens (tertiary/aromatic N) is 3. The van der Waals surface area contributed by atoms with E-state index in [1.165, 1.54) is 31.0 Å². The molecular weight excluding hydrogens is 489 g/mol. The number of fused-ring (bicyclic) bond motifs is 1. The van der Waals surface area contributed by atoms with Crippen molar-refractivity contribution in [3.8, 4) is 22.8 Å². The third-order valence-electron chi connectivity index (χ3n) is 5.32. The van der Waals surface area contributed by atoms with Gasteiger partial charge in [-0.1, -0.05) is 41.6 Å². The lowest BCUT2D eigenvalue weighted by Gasteiger charge is -2.12. The first-order chi connectivity index (χ1) is 17.0. The number of carbonyl (C=O) groups is 1. The van der Waals surface area contributed by atoms with Gasteiger partial charge in [0.2, 0.25) is 5.91 Å². The van der Waals surface area contributed by atoms with Gasteiger partial charge in [-0.05, 0) is 48.5 Å². The molecule has 0 bridgehead atoms. The van der Waals surface area contributed by atoms with Gasteiger partial charge in [0.05, 0.1) is 18.6 Å². The van der Waals surface area contributed by atoms with Crippen molar-refractivity contribution in [2.24, 2.45) is 0 Å². The fourth-order valence-electron chi connectivity index (χ4n) is 3.71. The Morgan fingerprint density at radius 1 is 1.14 bits per heavy atom. The Bertz CT molecular complexity index is 1520. The number of thioether (sulfide) groups is 1. The van der Waals surface area contributed by atoms with Crippen molar-refractivity contribution in [2.45, 2.75) is 5.16 Å². The van der Waals surface area contributed by atoms with Crippen molar-refractivity contribution in [1.29, 1.82) is 0 Å². The van der Waals surface area contributed by atoms with Gasteiger partial charge in [0.25, 0.3) is 0 Å². The van der Waals surface area contributed by atoms with Gasteiger partial charge in [0, 0.05) is 33.4 Å². The van der Waals surface area contributed by atoms with Crippen LogP contribution in [-0.4, -0.2) is 38.5 Å². The summed E-state index contributed by atoms with van der Waals surface area (Å²) in [7, 11) is 1.52. The molecule has 7 nitrogen and oxygen atoms in total. The van der Waals surface area contributed by atoms with Gasteiger partial charge in [0.1, 0.15) is 11.6 Å². The van der Waals surface area contributed by atoms with Crippen LogP contribution in [0.15, 0.2) is 78.1 Å². The quantitative estimate of drug-likeness (QED) is 0.266. The second-order valence-electron chi connectivity index (χ2n) is 7.55. The van der Waals surface area contributed by atoms with Crippen LogP contribution in [-0.2, 0) is 4.79 Å². The average molecular weight is 508 g/mol. The first kappa shape index (κ1) is 22.9. The topological polar surface area (TPSA) is 84.8 Å². The molecule has 5 aromatic rings. The first-order valence-electron chi connectivity index (χ1n) is 10.6. The van der Waals surface area contributed by atoms with E-state index in [4.69, 9.17) is 16.3 Å². The number of hydrogen-bond donors (Lipinski definition) is 2. The maximum Gasteiger partial charge on any atom is 0.234 e. The summed E-state index contributed by atoms with van der Waals surface area (Å²) < 4.78 is 20.7. The molecular formula is C25H19ClFN5O2S. The van der Waals surface area contributed by atoms with E-state index < -0.39 is 0 Å². The molecule has 0 fully saturated rings. The average Bonchev–Trinajstić information content (AvgIpc) is 3.47. The number of ether oxygens (including phenoxy) is 1. The number of hydrogen-bond acceptors (Lipinski definition) is 5.